The van der Waals surface area contributed by atoms with Crippen molar-refractivity contribution in [1.82, 2.24) is 4.90 Å². The SMILES string of the molecule is C=C(c1cc(C(F)(F)F)cc(C(F)(F)F)c1)N1CCCC1. The highest BCUT2D eigenvalue weighted by molar-refractivity contribution is 5.64. The second kappa shape index (κ2) is 5.27. The van der Waals surface area contributed by atoms with Crippen molar-refractivity contribution in [3.63, 3.8) is 0 Å². The molecule has 0 saturated carbocycles. The van der Waals surface area contributed by atoms with Gasteiger partial charge in [0.1, 0.15) is 0 Å². The van der Waals surface area contributed by atoms with Crippen LogP contribution in [0.1, 0.15) is 29.5 Å². The molecule has 1 heterocycles. The van der Waals surface area contributed by atoms with Crippen molar-refractivity contribution in [2.75, 3.05) is 13.1 Å². The number of hydrogen-bond donors (Lipinski definition) is 0. The van der Waals surface area contributed by atoms with Crippen molar-refractivity contribution in [3.8, 4) is 0 Å². The van der Waals surface area contributed by atoms with Gasteiger partial charge in [0.05, 0.1) is 11.1 Å². The molecular weight excluding hydrogens is 296 g/mol. The predicted octanol–water partition coefficient (Wildman–Crippen LogP) is 4.79. The van der Waals surface area contributed by atoms with Gasteiger partial charge in [-0.1, -0.05) is 6.58 Å². The lowest BCUT2D eigenvalue weighted by Crippen LogP contribution is -2.18. The Kier molecular flexibility index (Phi) is 3.95. The van der Waals surface area contributed by atoms with E-state index in [2.05, 4.69) is 6.58 Å². The Morgan fingerprint density at radius 2 is 1.29 bits per heavy atom. The molecule has 0 bridgehead atoms. The molecule has 0 unspecified atom stereocenters. The maximum Gasteiger partial charge on any atom is 0.416 e. The van der Waals surface area contributed by atoms with Crippen LogP contribution in [0.15, 0.2) is 24.8 Å². The average molecular weight is 309 g/mol. The van der Waals surface area contributed by atoms with Gasteiger partial charge in [-0.15, -0.1) is 0 Å². The Bertz CT molecular complexity index is 505. The zero-order chi connectivity index (χ0) is 15.8. The third-order valence-electron chi connectivity index (χ3n) is 3.41. The van der Waals surface area contributed by atoms with Gasteiger partial charge in [-0.3, -0.25) is 0 Å². The molecule has 2 rings (SSSR count). The molecule has 116 valence electrons. The van der Waals surface area contributed by atoms with E-state index in [1.165, 1.54) is 0 Å². The fourth-order valence-electron chi connectivity index (χ4n) is 2.29. The summed E-state index contributed by atoms with van der Waals surface area (Å²) in [6.45, 7) is 4.83. The van der Waals surface area contributed by atoms with E-state index in [0.717, 1.165) is 25.0 Å². The quantitative estimate of drug-likeness (QED) is 0.710. The summed E-state index contributed by atoms with van der Waals surface area (Å²) in [5.74, 6) is 0. The minimum Gasteiger partial charge on any atom is -0.372 e. The fraction of sp³-hybridized carbons (Fsp3) is 0.429. The molecule has 0 N–H and O–H groups in total. The molecule has 1 aromatic rings. The molecular formula is C14H13F6N. The molecule has 0 aliphatic carbocycles. The van der Waals surface area contributed by atoms with Crippen molar-refractivity contribution in [2.45, 2.75) is 25.2 Å². The Hall–Kier alpha value is -1.66. The molecule has 0 aromatic heterocycles. The maximum absolute atomic E-state index is 12.8. The van der Waals surface area contributed by atoms with Gasteiger partial charge < -0.3 is 4.90 Å². The summed E-state index contributed by atoms with van der Waals surface area (Å²) in [4.78, 5) is 1.70. The molecule has 7 heteroatoms. The van der Waals surface area contributed by atoms with Crippen molar-refractivity contribution >= 4 is 5.70 Å². The molecule has 1 nitrogen and oxygen atoms in total. The van der Waals surface area contributed by atoms with Gasteiger partial charge in [-0.05, 0) is 36.6 Å². The van der Waals surface area contributed by atoms with Gasteiger partial charge in [-0.2, -0.15) is 26.3 Å². The standard InChI is InChI=1S/C14H13F6N/c1-9(21-4-2-3-5-21)10-6-11(13(15,16)17)8-12(7-10)14(18,19)20/h6-8H,1-5H2. The molecule has 1 fully saturated rings. The Balaban J connectivity index is 2.47. The van der Waals surface area contributed by atoms with E-state index in [4.69, 9.17) is 0 Å². The zero-order valence-corrected chi connectivity index (χ0v) is 11.0. The number of benzene rings is 1. The summed E-state index contributed by atoms with van der Waals surface area (Å²) in [6.07, 6.45) is -7.96. The molecule has 0 radical (unpaired) electrons. The third kappa shape index (κ3) is 3.51. The smallest absolute Gasteiger partial charge is 0.372 e. The van der Waals surface area contributed by atoms with Gasteiger partial charge in [0, 0.05) is 18.8 Å². The van der Waals surface area contributed by atoms with Gasteiger partial charge in [0.15, 0.2) is 0 Å². The summed E-state index contributed by atoms with van der Waals surface area (Å²) < 4.78 is 76.6. The summed E-state index contributed by atoms with van der Waals surface area (Å²) in [6, 6.07) is 1.56. The van der Waals surface area contributed by atoms with Crippen molar-refractivity contribution in [2.24, 2.45) is 0 Å². The van der Waals surface area contributed by atoms with E-state index in [1.807, 2.05) is 0 Å². The Morgan fingerprint density at radius 3 is 1.67 bits per heavy atom. The van der Waals surface area contributed by atoms with Crippen LogP contribution in [0, 0.1) is 0 Å². The number of hydrogen-bond acceptors (Lipinski definition) is 1. The van der Waals surface area contributed by atoms with Gasteiger partial charge >= 0.3 is 12.4 Å². The largest absolute Gasteiger partial charge is 0.416 e. The van der Waals surface area contributed by atoms with Crippen LogP contribution in [0.25, 0.3) is 5.70 Å². The molecule has 0 amide bonds. The molecule has 1 aliphatic rings. The molecule has 1 aromatic carbocycles. The normalized spacial score (nSPS) is 16.4. The highest BCUT2D eigenvalue weighted by Crippen LogP contribution is 2.38. The van der Waals surface area contributed by atoms with Crippen LogP contribution >= 0.6 is 0 Å². The first-order chi connectivity index (χ1) is 9.59. The van der Waals surface area contributed by atoms with Crippen molar-refractivity contribution in [1.29, 1.82) is 0 Å². The van der Waals surface area contributed by atoms with Gasteiger partial charge in [0.25, 0.3) is 0 Å². The van der Waals surface area contributed by atoms with E-state index in [0.29, 0.717) is 13.1 Å². The van der Waals surface area contributed by atoms with Gasteiger partial charge in [0.2, 0.25) is 0 Å². The summed E-state index contributed by atoms with van der Waals surface area (Å²) >= 11 is 0. The number of halogens is 6. The van der Waals surface area contributed by atoms with Crippen molar-refractivity contribution < 1.29 is 26.3 Å². The third-order valence-corrected chi connectivity index (χ3v) is 3.41. The van der Waals surface area contributed by atoms with E-state index in [1.54, 1.807) is 4.90 Å². The monoisotopic (exact) mass is 309 g/mol. The minimum atomic E-state index is -4.83. The first-order valence-electron chi connectivity index (χ1n) is 6.33. The van der Waals surface area contributed by atoms with E-state index in [9.17, 15) is 26.3 Å². The maximum atomic E-state index is 12.8. The lowest BCUT2D eigenvalue weighted by Gasteiger charge is -2.22. The molecule has 21 heavy (non-hydrogen) atoms. The highest BCUT2D eigenvalue weighted by Gasteiger charge is 2.37. The fourth-order valence-corrected chi connectivity index (χ4v) is 2.29. The predicted molar refractivity (Wildman–Crippen MR) is 66.3 cm³/mol. The lowest BCUT2D eigenvalue weighted by molar-refractivity contribution is -0.143. The van der Waals surface area contributed by atoms with E-state index in [-0.39, 0.29) is 17.3 Å². The number of nitrogens with zero attached hydrogens (tertiary/aromatic N) is 1. The van der Waals surface area contributed by atoms with E-state index < -0.39 is 23.5 Å². The summed E-state index contributed by atoms with van der Waals surface area (Å²) in [5.41, 5.74) is -2.57. The van der Waals surface area contributed by atoms with E-state index >= 15 is 0 Å². The number of alkyl halides is 6. The van der Waals surface area contributed by atoms with Crippen LogP contribution in [-0.4, -0.2) is 18.0 Å². The van der Waals surface area contributed by atoms with Crippen molar-refractivity contribution in [3.05, 3.63) is 41.5 Å². The Morgan fingerprint density at radius 1 is 0.857 bits per heavy atom. The minimum absolute atomic E-state index is 0.126. The van der Waals surface area contributed by atoms with Crippen LogP contribution < -0.4 is 0 Å². The number of likely N-dealkylation sites (tertiary alicyclic amines) is 1. The molecule has 0 atom stereocenters. The first kappa shape index (κ1) is 15.7. The average Bonchev–Trinajstić information content (AvgIpc) is 2.89. The van der Waals surface area contributed by atoms with Crippen LogP contribution in [0.4, 0.5) is 26.3 Å². The number of rotatable bonds is 2. The zero-order valence-electron chi connectivity index (χ0n) is 11.0. The first-order valence-corrected chi connectivity index (χ1v) is 6.33. The van der Waals surface area contributed by atoms with Crippen LogP contribution in [0.3, 0.4) is 0 Å². The van der Waals surface area contributed by atoms with Crippen LogP contribution in [-0.2, 0) is 12.4 Å². The summed E-state index contributed by atoms with van der Waals surface area (Å²) in [7, 11) is 0. The molecule has 0 spiro atoms. The highest BCUT2D eigenvalue weighted by atomic mass is 19.4. The summed E-state index contributed by atoms with van der Waals surface area (Å²) in [5, 5.41) is 0. The second-order valence-electron chi connectivity index (χ2n) is 4.94. The molecule has 1 saturated heterocycles. The topological polar surface area (TPSA) is 3.24 Å². The second-order valence-corrected chi connectivity index (χ2v) is 4.94. The Labute approximate surface area is 117 Å². The lowest BCUT2D eigenvalue weighted by atomic mass is 10.0. The van der Waals surface area contributed by atoms with Gasteiger partial charge in [-0.25, -0.2) is 0 Å². The molecule has 1 aliphatic heterocycles. The van der Waals surface area contributed by atoms with Crippen LogP contribution in [0.5, 0.6) is 0 Å². The van der Waals surface area contributed by atoms with Crippen LogP contribution in [0.2, 0.25) is 0 Å².